The maximum Gasteiger partial charge on any atom is 0.308 e. The van der Waals surface area contributed by atoms with E-state index >= 15 is 0 Å². The van der Waals surface area contributed by atoms with E-state index in [0.717, 1.165) is 5.56 Å². The smallest absolute Gasteiger partial charge is 0.308 e. The number of ketones is 1. The van der Waals surface area contributed by atoms with Gasteiger partial charge >= 0.3 is 5.97 Å². The van der Waals surface area contributed by atoms with Crippen molar-refractivity contribution in [1.82, 2.24) is 5.32 Å². The summed E-state index contributed by atoms with van der Waals surface area (Å²) in [7, 11) is 0. The lowest BCUT2D eigenvalue weighted by Gasteiger charge is -2.17. The first-order valence-corrected chi connectivity index (χ1v) is 9.39. The minimum Gasteiger partial charge on any atom is -0.457 e. The van der Waals surface area contributed by atoms with Crippen molar-refractivity contribution in [2.24, 2.45) is 0 Å². The van der Waals surface area contributed by atoms with Crippen LogP contribution in [0.25, 0.3) is 0 Å². The van der Waals surface area contributed by atoms with Gasteiger partial charge in [-0.1, -0.05) is 0 Å². The molecule has 0 aliphatic carbocycles. The number of amides is 2. The molecule has 0 saturated heterocycles. The lowest BCUT2D eigenvalue weighted by molar-refractivity contribution is -0.142. The monoisotopic (exact) mass is 386 g/mol. The number of carbonyl (C=O) groups excluding carboxylic acids is 4. The predicted octanol–water partition coefficient (Wildman–Crippen LogP) is 2.18. The van der Waals surface area contributed by atoms with Crippen molar-refractivity contribution in [1.29, 1.82) is 0 Å². The van der Waals surface area contributed by atoms with Crippen molar-refractivity contribution in [3.63, 3.8) is 0 Å². The Bertz CT molecular complexity index is 876. The lowest BCUT2D eigenvalue weighted by atomic mass is 9.99. The quantitative estimate of drug-likeness (QED) is 0.561. The van der Waals surface area contributed by atoms with E-state index in [2.05, 4.69) is 10.6 Å². The largest absolute Gasteiger partial charge is 0.457 e. The van der Waals surface area contributed by atoms with Crippen LogP contribution in [-0.4, -0.2) is 36.7 Å². The van der Waals surface area contributed by atoms with Crippen molar-refractivity contribution >= 4 is 40.6 Å². The van der Waals surface area contributed by atoms with Crippen LogP contribution in [0.1, 0.15) is 39.1 Å². The fourth-order valence-corrected chi connectivity index (χ4v) is 3.27. The van der Waals surface area contributed by atoms with Crippen LogP contribution in [0, 0.1) is 0 Å². The highest BCUT2D eigenvalue weighted by atomic mass is 32.1. The number of anilines is 1. The van der Waals surface area contributed by atoms with Gasteiger partial charge in [-0.05, 0) is 41.6 Å². The zero-order valence-electron chi connectivity index (χ0n) is 14.4. The van der Waals surface area contributed by atoms with Crippen LogP contribution >= 0.6 is 11.3 Å². The van der Waals surface area contributed by atoms with E-state index in [0.29, 0.717) is 29.7 Å². The summed E-state index contributed by atoms with van der Waals surface area (Å²) in [5.74, 6) is -1.16. The number of thiophene rings is 1. The number of rotatable bonds is 7. The number of carbonyl (C=O) groups is 4. The SMILES string of the molecule is O=C1CCc2cc(C(=O)COC(=O)CCNC(=O)c3ccsc3)ccc2N1. The van der Waals surface area contributed by atoms with E-state index in [4.69, 9.17) is 4.74 Å². The molecule has 2 N–H and O–H groups in total. The summed E-state index contributed by atoms with van der Waals surface area (Å²) in [5.41, 5.74) is 2.58. The van der Waals surface area contributed by atoms with Gasteiger partial charge in [0.2, 0.25) is 5.91 Å². The number of ether oxygens (including phenoxy) is 1. The average Bonchev–Trinajstić information content (AvgIpc) is 3.20. The van der Waals surface area contributed by atoms with Crippen LogP contribution in [0.5, 0.6) is 0 Å². The van der Waals surface area contributed by atoms with Gasteiger partial charge in [-0.2, -0.15) is 11.3 Å². The van der Waals surface area contributed by atoms with Crippen LogP contribution in [-0.2, 0) is 20.7 Å². The van der Waals surface area contributed by atoms with Crippen molar-refractivity contribution in [2.75, 3.05) is 18.5 Å². The summed E-state index contributed by atoms with van der Waals surface area (Å²) in [4.78, 5) is 47.0. The summed E-state index contributed by atoms with van der Waals surface area (Å²) in [5, 5.41) is 8.88. The second-order valence-electron chi connectivity index (χ2n) is 6.02. The maximum atomic E-state index is 12.2. The fourth-order valence-electron chi connectivity index (χ4n) is 2.63. The van der Waals surface area contributed by atoms with Gasteiger partial charge in [0.15, 0.2) is 12.4 Å². The molecule has 0 bridgehead atoms. The normalized spacial score (nSPS) is 12.7. The Morgan fingerprint density at radius 1 is 1.15 bits per heavy atom. The third-order valence-corrected chi connectivity index (χ3v) is 4.77. The molecule has 1 aromatic heterocycles. The zero-order chi connectivity index (χ0) is 19.2. The molecule has 1 aliphatic heterocycles. The number of esters is 1. The minimum absolute atomic E-state index is 0.0145. The Kier molecular flexibility index (Phi) is 5.97. The van der Waals surface area contributed by atoms with Gasteiger partial charge in [-0.3, -0.25) is 19.2 Å². The van der Waals surface area contributed by atoms with Gasteiger partial charge in [-0.15, -0.1) is 0 Å². The summed E-state index contributed by atoms with van der Waals surface area (Å²) >= 11 is 1.41. The number of nitrogens with one attached hydrogen (secondary N) is 2. The highest BCUT2D eigenvalue weighted by Gasteiger charge is 2.17. The fraction of sp³-hybridized carbons (Fsp3) is 0.263. The molecule has 2 amide bonds. The average molecular weight is 386 g/mol. The first-order chi connectivity index (χ1) is 13.0. The molecule has 7 nitrogen and oxygen atoms in total. The summed E-state index contributed by atoms with van der Waals surface area (Å²) in [6.45, 7) is -0.220. The van der Waals surface area contributed by atoms with Crippen LogP contribution in [0.4, 0.5) is 5.69 Å². The Morgan fingerprint density at radius 2 is 2.00 bits per heavy atom. The molecule has 0 unspecified atom stereocenters. The van der Waals surface area contributed by atoms with E-state index < -0.39 is 5.97 Å². The van der Waals surface area contributed by atoms with Crippen LogP contribution in [0.15, 0.2) is 35.0 Å². The van der Waals surface area contributed by atoms with Gasteiger partial charge in [0, 0.05) is 35.2 Å². The Hall–Kier alpha value is -3.00. The molecule has 1 aromatic carbocycles. The summed E-state index contributed by atoms with van der Waals surface area (Å²) in [6, 6.07) is 6.69. The van der Waals surface area contributed by atoms with Crippen molar-refractivity contribution in [3.05, 3.63) is 51.7 Å². The second-order valence-corrected chi connectivity index (χ2v) is 6.80. The van der Waals surface area contributed by atoms with Crippen LogP contribution in [0.2, 0.25) is 0 Å². The van der Waals surface area contributed by atoms with E-state index in [1.54, 1.807) is 35.0 Å². The molecule has 0 atom stereocenters. The summed E-state index contributed by atoms with van der Waals surface area (Å²) < 4.78 is 4.98. The standard InChI is InChI=1S/C19H18N2O5S/c22-16(13-1-3-15-12(9-13)2-4-17(23)21-15)10-26-18(24)5-7-20-19(25)14-6-8-27-11-14/h1,3,6,8-9,11H,2,4-5,7,10H2,(H,20,25)(H,21,23). The van der Waals surface area contributed by atoms with Crippen molar-refractivity contribution < 1.29 is 23.9 Å². The Balaban J connectivity index is 1.43. The molecule has 0 spiro atoms. The van der Waals surface area contributed by atoms with Crippen LogP contribution in [0.3, 0.4) is 0 Å². The molecule has 1 aliphatic rings. The second kappa shape index (κ2) is 8.59. The number of aryl methyl sites for hydroxylation is 1. The lowest BCUT2D eigenvalue weighted by Crippen LogP contribution is -2.26. The third-order valence-electron chi connectivity index (χ3n) is 4.09. The highest BCUT2D eigenvalue weighted by Crippen LogP contribution is 2.23. The molecule has 27 heavy (non-hydrogen) atoms. The zero-order valence-corrected chi connectivity index (χ0v) is 15.3. The molecule has 140 valence electrons. The Labute approximate surface area is 159 Å². The van der Waals surface area contributed by atoms with Gasteiger partial charge in [0.25, 0.3) is 5.91 Å². The molecule has 2 heterocycles. The van der Waals surface area contributed by atoms with E-state index in [1.807, 2.05) is 0 Å². The molecular weight excluding hydrogens is 368 g/mol. The van der Waals surface area contributed by atoms with E-state index in [-0.39, 0.29) is 37.2 Å². The first-order valence-electron chi connectivity index (χ1n) is 8.45. The van der Waals surface area contributed by atoms with Gasteiger partial charge < -0.3 is 15.4 Å². The van der Waals surface area contributed by atoms with Gasteiger partial charge in [0.1, 0.15) is 0 Å². The molecule has 0 fully saturated rings. The molecule has 2 aromatic rings. The number of benzene rings is 1. The number of hydrogen-bond donors (Lipinski definition) is 2. The van der Waals surface area contributed by atoms with Gasteiger partial charge in [0.05, 0.1) is 6.42 Å². The number of hydrogen-bond acceptors (Lipinski definition) is 6. The Morgan fingerprint density at radius 3 is 2.78 bits per heavy atom. The molecule has 3 rings (SSSR count). The van der Waals surface area contributed by atoms with E-state index in [1.165, 1.54) is 11.3 Å². The highest BCUT2D eigenvalue weighted by molar-refractivity contribution is 7.08. The van der Waals surface area contributed by atoms with Crippen molar-refractivity contribution in [2.45, 2.75) is 19.3 Å². The molecule has 8 heteroatoms. The summed E-state index contributed by atoms with van der Waals surface area (Å²) in [6.07, 6.45) is 0.946. The predicted molar refractivity (Wildman–Crippen MR) is 100.0 cm³/mol. The van der Waals surface area contributed by atoms with Crippen LogP contribution < -0.4 is 10.6 Å². The minimum atomic E-state index is -0.556. The van der Waals surface area contributed by atoms with Crippen molar-refractivity contribution in [3.8, 4) is 0 Å². The molecule has 0 radical (unpaired) electrons. The maximum absolute atomic E-state index is 12.2. The first kappa shape index (κ1) is 18.8. The van der Waals surface area contributed by atoms with Gasteiger partial charge in [-0.25, -0.2) is 0 Å². The number of Topliss-reactive ketones (excluding diaryl/α,β-unsaturated/α-hetero) is 1. The number of fused-ring (bicyclic) bond motifs is 1. The third kappa shape index (κ3) is 5.01. The van der Waals surface area contributed by atoms with E-state index in [9.17, 15) is 19.2 Å². The molecule has 0 saturated carbocycles. The molecular formula is C19H18N2O5S. The topological polar surface area (TPSA) is 102 Å².